The summed E-state index contributed by atoms with van der Waals surface area (Å²) in [6.07, 6.45) is 2.07. The van der Waals surface area contributed by atoms with Crippen molar-refractivity contribution in [3.8, 4) is 0 Å². The van der Waals surface area contributed by atoms with Gasteiger partial charge in [0, 0.05) is 19.7 Å². The fourth-order valence-electron chi connectivity index (χ4n) is 1.92. The van der Waals surface area contributed by atoms with Gasteiger partial charge in [-0.15, -0.1) is 0 Å². The van der Waals surface area contributed by atoms with Crippen LogP contribution in [0.3, 0.4) is 0 Å². The summed E-state index contributed by atoms with van der Waals surface area (Å²) in [5.74, 6) is 0. The topological polar surface area (TPSA) is 67.4 Å². The number of unbranched alkanes of at least 4 members (excludes halogenated alkanes) is 1. The maximum atomic E-state index is 12.3. The third kappa shape index (κ3) is 6.13. The van der Waals surface area contributed by atoms with Gasteiger partial charge >= 0.3 is 0 Å². The summed E-state index contributed by atoms with van der Waals surface area (Å²) < 4.78 is 32.6. The first-order valence-electron chi connectivity index (χ1n) is 7.32. The number of aryl methyl sites for hydroxylation is 1. The minimum atomic E-state index is -3.48. The summed E-state index contributed by atoms with van der Waals surface area (Å²) in [6.45, 7) is 5.90. The molecule has 1 rings (SSSR count). The molecule has 0 aliphatic carbocycles. The molecule has 5 nitrogen and oxygen atoms in total. The van der Waals surface area contributed by atoms with Crippen molar-refractivity contribution in [1.82, 2.24) is 10.0 Å². The maximum absolute atomic E-state index is 12.3. The first-order chi connectivity index (χ1) is 10.0. The van der Waals surface area contributed by atoms with Crippen LogP contribution in [0.25, 0.3) is 0 Å². The van der Waals surface area contributed by atoms with Crippen LogP contribution in [0.2, 0.25) is 0 Å². The number of rotatable bonds is 10. The van der Waals surface area contributed by atoms with Crippen LogP contribution in [-0.2, 0) is 21.3 Å². The van der Waals surface area contributed by atoms with Crippen molar-refractivity contribution in [1.29, 1.82) is 0 Å². The molecule has 0 heterocycles. The molecule has 2 N–H and O–H groups in total. The lowest BCUT2D eigenvalue weighted by atomic mass is 10.1. The SMILES string of the molecule is CCCCOCCNS(=O)(=O)c1cc(CNC)ccc1C. The van der Waals surface area contributed by atoms with Gasteiger partial charge < -0.3 is 10.1 Å². The standard InChI is InChI=1S/C15H26N2O3S/c1-4-5-9-20-10-8-17-21(18,19)15-11-14(12-16-3)7-6-13(15)2/h6-7,11,16-17H,4-5,8-10,12H2,1-3H3. The van der Waals surface area contributed by atoms with E-state index < -0.39 is 10.0 Å². The average molecular weight is 314 g/mol. The first-order valence-corrected chi connectivity index (χ1v) is 8.81. The van der Waals surface area contributed by atoms with Crippen molar-refractivity contribution in [2.45, 2.75) is 38.1 Å². The second kappa shape index (κ2) is 9.15. The Morgan fingerprint density at radius 2 is 2.00 bits per heavy atom. The normalized spacial score (nSPS) is 11.8. The minimum absolute atomic E-state index is 0.293. The summed E-state index contributed by atoms with van der Waals surface area (Å²) >= 11 is 0. The van der Waals surface area contributed by atoms with Crippen LogP contribution < -0.4 is 10.0 Å². The number of hydrogen-bond donors (Lipinski definition) is 2. The van der Waals surface area contributed by atoms with Gasteiger partial charge in [-0.3, -0.25) is 0 Å². The predicted molar refractivity (Wildman–Crippen MR) is 84.9 cm³/mol. The highest BCUT2D eigenvalue weighted by molar-refractivity contribution is 7.89. The van der Waals surface area contributed by atoms with Gasteiger partial charge in [0.05, 0.1) is 11.5 Å². The van der Waals surface area contributed by atoms with Crippen LogP contribution in [-0.4, -0.2) is 35.2 Å². The van der Waals surface area contributed by atoms with Crippen molar-refractivity contribution < 1.29 is 13.2 Å². The van der Waals surface area contributed by atoms with Gasteiger partial charge in [0.2, 0.25) is 10.0 Å². The third-order valence-corrected chi connectivity index (χ3v) is 4.71. The molecule has 1 aromatic carbocycles. The molecular weight excluding hydrogens is 288 g/mol. The van der Waals surface area contributed by atoms with Crippen LogP contribution in [0, 0.1) is 6.92 Å². The fourth-order valence-corrected chi connectivity index (χ4v) is 3.23. The Balaban J connectivity index is 2.63. The summed E-state index contributed by atoms with van der Waals surface area (Å²) in [5, 5.41) is 3.02. The highest BCUT2D eigenvalue weighted by atomic mass is 32.2. The summed E-state index contributed by atoms with van der Waals surface area (Å²) in [4.78, 5) is 0.337. The summed E-state index contributed by atoms with van der Waals surface area (Å²) in [7, 11) is -1.65. The van der Waals surface area contributed by atoms with Crippen LogP contribution >= 0.6 is 0 Å². The van der Waals surface area contributed by atoms with Crippen LogP contribution in [0.4, 0.5) is 0 Å². The van der Waals surface area contributed by atoms with E-state index in [1.165, 1.54) is 0 Å². The number of sulfonamides is 1. The number of nitrogens with one attached hydrogen (secondary N) is 2. The van der Waals surface area contributed by atoms with Gasteiger partial charge in [0.15, 0.2) is 0 Å². The van der Waals surface area contributed by atoms with E-state index in [-0.39, 0.29) is 0 Å². The van der Waals surface area contributed by atoms with Crippen molar-refractivity contribution in [2.24, 2.45) is 0 Å². The zero-order chi connectivity index (χ0) is 15.7. The smallest absolute Gasteiger partial charge is 0.240 e. The van der Waals surface area contributed by atoms with E-state index in [1.54, 1.807) is 13.0 Å². The van der Waals surface area contributed by atoms with Crippen LogP contribution in [0.1, 0.15) is 30.9 Å². The molecule has 0 bridgehead atoms. The lowest BCUT2D eigenvalue weighted by Crippen LogP contribution is -2.28. The van der Waals surface area contributed by atoms with Gasteiger partial charge in [-0.2, -0.15) is 0 Å². The Labute approximate surface area is 128 Å². The molecular formula is C15H26N2O3S. The molecule has 0 saturated heterocycles. The summed E-state index contributed by atoms with van der Waals surface area (Å²) in [5.41, 5.74) is 1.69. The number of ether oxygens (including phenoxy) is 1. The minimum Gasteiger partial charge on any atom is -0.380 e. The molecule has 1 aromatic rings. The molecule has 0 spiro atoms. The van der Waals surface area contributed by atoms with Crippen LogP contribution in [0.15, 0.2) is 23.1 Å². The van der Waals surface area contributed by atoms with Crippen LogP contribution in [0.5, 0.6) is 0 Å². The van der Waals surface area contributed by atoms with Gasteiger partial charge in [-0.25, -0.2) is 13.1 Å². The average Bonchev–Trinajstić information content (AvgIpc) is 2.45. The predicted octanol–water partition coefficient (Wildman–Crippen LogP) is 1.81. The molecule has 6 heteroatoms. The van der Waals surface area contributed by atoms with E-state index in [0.717, 1.165) is 24.0 Å². The molecule has 0 aromatic heterocycles. The monoisotopic (exact) mass is 314 g/mol. The molecule has 0 aliphatic rings. The van der Waals surface area contributed by atoms with E-state index in [4.69, 9.17) is 4.74 Å². The Morgan fingerprint density at radius 3 is 2.67 bits per heavy atom. The molecule has 21 heavy (non-hydrogen) atoms. The molecule has 0 saturated carbocycles. The van der Waals surface area contributed by atoms with E-state index in [2.05, 4.69) is 17.0 Å². The second-order valence-corrected chi connectivity index (χ2v) is 6.73. The van der Waals surface area contributed by atoms with E-state index in [1.807, 2.05) is 19.2 Å². The molecule has 0 aliphatic heterocycles. The van der Waals surface area contributed by atoms with Gasteiger partial charge in [-0.1, -0.05) is 25.5 Å². The Morgan fingerprint density at radius 1 is 1.24 bits per heavy atom. The van der Waals surface area contributed by atoms with Crippen molar-refractivity contribution in [2.75, 3.05) is 26.8 Å². The largest absolute Gasteiger partial charge is 0.380 e. The molecule has 0 unspecified atom stereocenters. The van der Waals surface area contributed by atoms with E-state index in [9.17, 15) is 8.42 Å². The highest BCUT2D eigenvalue weighted by Crippen LogP contribution is 2.16. The van der Waals surface area contributed by atoms with Crippen molar-refractivity contribution >= 4 is 10.0 Å². The van der Waals surface area contributed by atoms with Gasteiger partial charge in [0.1, 0.15) is 0 Å². The molecule has 0 amide bonds. The van der Waals surface area contributed by atoms with E-state index in [0.29, 0.717) is 31.2 Å². The number of benzene rings is 1. The first kappa shape index (κ1) is 18.1. The molecule has 0 atom stereocenters. The highest BCUT2D eigenvalue weighted by Gasteiger charge is 2.16. The molecule has 120 valence electrons. The Bertz CT molecular complexity index is 530. The quantitative estimate of drug-likeness (QED) is 0.646. The molecule has 0 fully saturated rings. The summed E-state index contributed by atoms with van der Waals surface area (Å²) in [6, 6.07) is 5.48. The Hall–Kier alpha value is -0.950. The third-order valence-electron chi connectivity index (χ3n) is 3.10. The maximum Gasteiger partial charge on any atom is 0.240 e. The second-order valence-electron chi connectivity index (χ2n) is 4.99. The lowest BCUT2D eigenvalue weighted by molar-refractivity contribution is 0.136. The zero-order valence-electron chi connectivity index (χ0n) is 13.1. The molecule has 0 radical (unpaired) electrons. The van der Waals surface area contributed by atoms with Gasteiger partial charge in [-0.05, 0) is 37.6 Å². The van der Waals surface area contributed by atoms with Crippen molar-refractivity contribution in [3.63, 3.8) is 0 Å². The van der Waals surface area contributed by atoms with Gasteiger partial charge in [0.25, 0.3) is 0 Å². The van der Waals surface area contributed by atoms with Crippen molar-refractivity contribution in [3.05, 3.63) is 29.3 Å². The lowest BCUT2D eigenvalue weighted by Gasteiger charge is -2.11. The van der Waals surface area contributed by atoms with E-state index >= 15 is 0 Å². The fraction of sp³-hybridized carbons (Fsp3) is 0.600. The Kier molecular flexibility index (Phi) is 7.88. The number of hydrogen-bond acceptors (Lipinski definition) is 4. The zero-order valence-corrected chi connectivity index (χ0v) is 13.9.